The first kappa shape index (κ1) is 22.0. The molecule has 0 unspecified atom stereocenters. The van der Waals surface area contributed by atoms with Gasteiger partial charge >= 0.3 is 0 Å². The molecule has 172 valence electrons. The zero-order valence-corrected chi connectivity index (χ0v) is 19.9. The highest BCUT2D eigenvalue weighted by Crippen LogP contribution is 2.20. The first-order valence-corrected chi connectivity index (χ1v) is 12.0. The molecule has 3 aromatic carbocycles. The Morgan fingerprint density at radius 1 is 0.735 bits per heavy atom. The molecule has 4 aromatic rings. The van der Waals surface area contributed by atoms with E-state index in [1.165, 1.54) is 16.8 Å². The van der Waals surface area contributed by atoms with Gasteiger partial charge in [-0.05, 0) is 55.7 Å². The minimum Gasteiger partial charge on any atom is -0.368 e. The lowest BCUT2D eigenvalue weighted by Crippen LogP contribution is -2.44. The highest BCUT2D eigenvalue weighted by atomic mass is 15.5. The maximum Gasteiger partial charge on any atom is 0.0689 e. The number of piperazine rings is 1. The number of hydrogen-bond acceptors (Lipinski definition) is 4. The van der Waals surface area contributed by atoms with Gasteiger partial charge in [0.25, 0.3) is 0 Å². The topological polar surface area (TPSA) is 36.7 Å². The van der Waals surface area contributed by atoms with Gasteiger partial charge in [0.05, 0.1) is 36.4 Å². The molecule has 0 bridgehead atoms. The van der Waals surface area contributed by atoms with Crippen LogP contribution in [0.3, 0.4) is 0 Å². The Morgan fingerprint density at radius 3 is 2.03 bits per heavy atom. The number of aryl methyl sites for hydroxylation is 1. The molecule has 1 aliphatic heterocycles. The summed E-state index contributed by atoms with van der Waals surface area (Å²) in [6.45, 7) is 7.91. The molecule has 1 fully saturated rings. The summed E-state index contributed by atoms with van der Waals surface area (Å²) in [7, 11) is 0. The highest BCUT2D eigenvalue weighted by molar-refractivity contribution is 5.82. The maximum atomic E-state index is 4.80. The molecule has 5 rings (SSSR count). The predicted molar refractivity (Wildman–Crippen MR) is 140 cm³/mol. The van der Waals surface area contributed by atoms with Gasteiger partial charge in [0.15, 0.2) is 0 Å². The Kier molecular flexibility index (Phi) is 6.43. The summed E-state index contributed by atoms with van der Waals surface area (Å²) in [6.07, 6.45) is 2.95. The lowest BCUT2D eigenvalue weighted by molar-refractivity contribution is 0.272. The van der Waals surface area contributed by atoms with Crippen molar-refractivity contribution in [2.45, 2.75) is 20.3 Å². The molecule has 0 spiro atoms. The number of rotatable bonds is 6. The highest BCUT2D eigenvalue weighted by Gasteiger charge is 2.17. The van der Waals surface area contributed by atoms with Crippen molar-refractivity contribution >= 4 is 11.9 Å². The molecule has 2 heterocycles. The van der Waals surface area contributed by atoms with Gasteiger partial charge in [0, 0.05) is 24.3 Å². The maximum absolute atomic E-state index is 4.80. The zero-order valence-electron chi connectivity index (χ0n) is 19.9. The van der Waals surface area contributed by atoms with Crippen LogP contribution in [0.2, 0.25) is 0 Å². The number of hydrazone groups is 1. The number of anilines is 1. The van der Waals surface area contributed by atoms with Crippen LogP contribution >= 0.6 is 0 Å². The van der Waals surface area contributed by atoms with Crippen molar-refractivity contribution < 1.29 is 0 Å². The van der Waals surface area contributed by atoms with Crippen LogP contribution in [0, 0.1) is 13.8 Å². The quantitative estimate of drug-likeness (QED) is 0.378. The molecule has 0 saturated carbocycles. The second kappa shape index (κ2) is 9.96. The van der Waals surface area contributed by atoms with Gasteiger partial charge in [-0.15, -0.1) is 0 Å². The Labute approximate surface area is 202 Å². The van der Waals surface area contributed by atoms with E-state index in [-0.39, 0.29) is 0 Å². The molecule has 1 aromatic heterocycles. The second-order valence-electron chi connectivity index (χ2n) is 8.85. The zero-order chi connectivity index (χ0) is 23.3. The van der Waals surface area contributed by atoms with Crippen molar-refractivity contribution in [2.75, 3.05) is 31.1 Å². The average Bonchev–Trinajstić information content (AvgIpc) is 3.18. The van der Waals surface area contributed by atoms with Crippen molar-refractivity contribution in [1.82, 2.24) is 14.8 Å². The largest absolute Gasteiger partial charge is 0.368 e. The van der Waals surface area contributed by atoms with E-state index in [9.17, 15) is 0 Å². The van der Waals surface area contributed by atoms with E-state index < -0.39 is 0 Å². The van der Waals surface area contributed by atoms with Gasteiger partial charge in [-0.2, -0.15) is 10.2 Å². The van der Waals surface area contributed by atoms with E-state index in [1.807, 2.05) is 36.0 Å². The molecule has 0 aliphatic carbocycles. The Balaban J connectivity index is 1.19. The smallest absolute Gasteiger partial charge is 0.0689 e. The molecule has 34 heavy (non-hydrogen) atoms. The lowest BCUT2D eigenvalue weighted by Gasteiger charge is -2.34. The lowest BCUT2D eigenvalue weighted by atomic mass is 10.0. The molecule has 1 aliphatic rings. The third-order valence-electron chi connectivity index (χ3n) is 6.51. The van der Waals surface area contributed by atoms with Crippen LogP contribution in [0.4, 0.5) is 5.69 Å². The molecule has 0 amide bonds. The molecular formula is C29H31N5. The van der Waals surface area contributed by atoms with Crippen LogP contribution in [-0.2, 0) is 6.42 Å². The van der Waals surface area contributed by atoms with Crippen LogP contribution in [0.5, 0.6) is 0 Å². The molecule has 5 nitrogen and oxygen atoms in total. The molecule has 0 radical (unpaired) electrons. The number of hydrogen-bond donors (Lipinski definition) is 0. The van der Waals surface area contributed by atoms with Crippen LogP contribution < -0.4 is 4.90 Å². The SMILES string of the molecule is Cc1nn(-c2ccccc2)c(C)c1/C=N/N1CCN(c2ccc(Cc3ccccc3)cc2)CC1. The van der Waals surface area contributed by atoms with Gasteiger partial charge in [-0.25, -0.2) is 4.68 Å². The summed E-state index contributed by atoms with van der Waals surface area (Å²) in [5, 5.41) is 11.7. The monoisotopic (exact) mass is 449 g/mol. The van der Waals surface area contributed by atoms with Gasteiger partial charge in [-0.1, -0.05) is 60.7 Å². The summed E-state index contributed by atoms with van der Waals surface area (Å²) in [5.74, 6) is 0. The first-order chi connectivity index (χ1) is 16.7. The van der Waals surface area contributed by atoms with Crippen molar-refractivity contribution in [1.29, 1.82) is 0 Å². The Bertz CT molecular complexity index is 1240. The number of para-hydroxylation sites is 1. The summed E-state index contributed by atoms with van der Waals surface area (Å²) < 4.78 is 2.00. The van der Waals surface area contributed by atoms with E-state index in [0.717, 1.165) is 55.2 Å². The molecule has 0 N–H and O–H groups in total. The fourth-order valence-electron chi connectivity index (χ4n) is 4.53. The Morgan fingerprint density at radius 2 is 1.35 bits per heavy atom. The molecule has 1 saturated heterocycles. The van der Waals surface area contributed by atoms with Crippen molar-refractivity contribution in [3.05, 3.63) is 113 Å². The summed E-state index contributed by atoms with van der Waals surface area (Å²) in [4.78, 5) is 2.45. The number of aromatic nitrogens is 2. The Hall–Kier alpha value is -3.86. The molecular weight excluding hydrogens is 418 g/mol. The van der Waals surface area contributed by atoms with E-state index >= 15 is 0 Å². The van der Waals surface area contributed by atoms with Crippen LogP contribution in [0.25, 0.3) is 5.69 Å². The predicted octanol–water partition coefficient (Wildman–Crippen LogP) is 5.24. The van der Waals surface area contributed by atoms with Gasteiger partial charge in [-0.3, -0.25) is 5.01 Å². The van der Waals surface area contributed by atoms with Crippen LogP contribution in [0.1, 0.15) is 28.1 Å². The van der Waals surface area contributed by atoms with E-state index in [1.54, 1.807) is 0 Å². The van der Waals surface area contributed by atoms with Crippen LogP contribution in [-0.4, -0.2) is 47.2 Å². The standard InChI is InChI=1S/C29H31N5/c1-23-29(24(2)34(31-23)28-11-7-4-8-12-28)22-30-33-19-17-32(18-20-33)27-15-13-26(14-16-27)21-25-9-5-3-6-10-25/h3-16,22H,17-21H2,1-2H3/b30-22+. The first-order valence-electron chi connectivity index (χ1n) is 12.0. The summed E-state index contributed by atoms with van der Waals surface area (Å²) in [6, 6.07) is 29.9. The van der Waals surface area contributed by atoms with Gasteiger partial charge < -0.3 is 4.90 Å². The van der Waals surface area contributed by atoms with Gasteiger partial charge in [0.1, 0.15) is 0 Å². The van der Waals surface area contributed by atoms with Crippen molar-refractivity contribution in [3.63, 3.8) is 0 Å². The fraction of sp³-hybridized carbons (Fsp3) is 0.241. The molecule has 0 atom stereocenters. The van der Waals surface area contributed by atoms with E-state index in [0.29, 0.717) is 0 Å². The normalized spacial score (nSPS) is 14.2. The van der Waals surface area contributed by atoms with E-state index in [2.05, 4.69) is 83.6 Å². The minimum atomic E-state index is 0.910. The average molecular weight is 450 g/mol. The van der Waals surface area contributed by atoms with Crippen molar-refractivity contribution in [2.24, 2.45) is 5.10 Å². The van der Waals surface area contributed by atoms with Crippen LogP contribution in [0.15, 0.2) is 90.0 Å². The second-order valence-corrected chi connectivity index (χ2v) is 8.85. The third-order valence-corrected chi connectivity index (χ3v) is 6.51. The fourth-order valence-corrected chi connectivity index (χ4v) is 4.53. The number of benzene rings is 3. The van der Waals surface area contributed by atoms with E-state index in [4.69, 9.17) is 10.2 Å². The van der Waals surface area contributed by atoms with Gasteiger partial charge in [0.2, 0.25) is 0 Å². The summed E-state index contributed by atoms with van der Waals surface area (Å²) in [5.41, 5.74) is 8.27. The minimum absolute atomic E-state index is 0.910. The third kappa shape index (κ3) is 4.88. The van der Waals surface area contributed by atoms with Crippen molar-refractivity contribution in [3.8, 4) is 5.69 Å². The number of nitrogens with zero attached hydrogens (tertiary/aromatic N) is 5. The summed E-state index contributed by atoms with van der Waals surface area (Å²) >= 11 is 0. The molecule has 5 heteroatoms.